The first-order valence-corrected chi connectivity index (χ1v) is 9.88. The predicted octanol–water partition coefficient (Wildman–Crippen LogP) is 0.828. The number of nitrogens with one attached hydrogen (secondary N) is 1. The minimum atomic E-state index is -1.41. The zero-order valence-electron chi connectivity index (χ0n) is 17.1. The summed E-state index contributed by atoms with van der Waals surface area (Å²) in [7, 11) is 2.77. The van der Waals surface area contributed by atoms with Gasteiger partial charge in [-0.2, -0.15) is 0 Å². The number of imide groups is 2. The third-order valence-corrected chi connectivity index (χ3v) is 6.27. The lowest BCUT2D eigenvalue weighted by atomic mass is 9.68. The minimum Gasteiger partial charge on any atom is -0.478 e. The van der Waals surface area contributed by atoms with Gasteiger partial charge in [0.15, 0.2) is 5.41 Å². The van der Waals surface area contributed by atoms with Gasteiger partial charge in [0.05, 0.1) is 6.04 Å². The second kappa shape index (κ2) is 7.22. The van der Waals surface area contributed by atoms with E-state index in [0.29, 0.717) is 24.2 Å². The van der Waals surface area contributed by atoms with Crippen LogP contribution in [0.5, 0.6) is 0 Å². The highest BCUT2D eigenvalue weighted by Gasteiger charge is 2.63. The van der Waals surface area contributed by atoms with E-state index in [1.165, 1.54) is 14.1 Å². The number of anilines is 2. The maximum absolute atomic E-state index is 13.3. The Hall–Kier alpha value is -3.69. The Morgan fingerprint density at radius 1 is 1.13 bits per heavy atom. The number of fused-ring (bicyclic) bond motifs is 4. The van der Waals surface area contributed by atoms with E-state index in [-0.39, 0.29) is 12.5 Å². The van der Waals surface area contributed by atoms with E-state index < -0.39 is 35.1 Å². The summed E-state index contributed by atoms with van der Waals surface area (Å²) in [6.07, 6.45) is 3.22. The van der Waals surface area contributed by atoms with Crippen LogP contribution in [0.25, 0.3) is 0 Å². The van der Waals surface area contributed by atoms with Crippen LogP contribution in [0.15, 0.2) is 30.4 Å². The fourth-order valence-electron chi connectivity index (χ4n) is 4.93. The second-order valence-electron chi connectivity index (χ2n) is 8.01. The first-order chi connectivity index (χ1) is 14.7. The number of amides is 5. The van der Waals surface area contributed by atoms with Gasteiger partial charge in [0.25, 0.3) is 0 Å². The molecule has 31 heavy (non-hydrogen) atoms. The molecule has 2 saturated heterocycles. The summed E-state index contributed by atoms with van der Waals surface area (Å²) in [5.74, 6) is -2.87. The highest BCUT2D eigenvalue weighted by atomic mass is 16.4. The number of carbonyl (C=O) groups is 5. The molecule has 0 saturated carbocycles. The van der Waals surface area contributed by atoms with E-state index in [0.717, 1.165) is 34.1 Å². The number of benzene rings is 1. The molecule has 10 nitrogen and oxygen atoms in total. The Labute approximate surface area is 178 Å². The Kier molecular flexibility index (Phi) is 4.79. The summed E-state index contributed by atoms with van der Waals surface area (Å²) in [5, 5.41) is 11.3. The fraction of sp³-hybridized carbons (Fsp3) is 0.381. The summed E-state index contributed by atoms with van der Waals surface area (Å²) < 4.78 is 0. The zero-order chi connectivity index (χ0) is 22.5. The van der Waals surface area contributed by atoms with Gasteiger partial charge >= 0.3 is 12.0 Å². The van der Waals surface area contributed by atoms with E-state index in [1.807, 2.05) is 11.0 Å². The largest absolute Gasteiger partial charge is 0.478 e. The van der Waals surface area contributed by atoms with Crippen LogP contribution in [0.3, 0.4) is 0 Å². The van der Waals surface area contributed by atoms with Gasteiger partial charge < -0.3 is 15.3 Å². The van der Waals surface area contributed by atoms with Crippen molar-refractivity contribution in [2.45, 2.75) is 25.3 Å². The highest BCUT2D eigenvalue weighted by molar-refractivity contribution is 6.20. The van der Waals surface area contributed by atoms with Crippen LogP contribution in [0.2, 0.25) is 0 Å². The standard InChI is InChI=1S/C21H22N4O6/c1-23-18(29)21(19(30)24(2)20(23)31)11-12-10-13(22-16(26)7-8-17(27)28)5-6-14(12)25-9-3-4-15(21)25/h5-8,10,15H,3-4,9,11H2,1-2H3,(H,22,26)(H,27,28)/b8-7+. The molecule has 0 radical (unpaired) electrons. The minimum absolute atomic E-state index is 0.109. The monoisotopic (exact) mass is 426 g/mol. The molecular formula is C21H22N4O6. The second-order valence-corrected chi connectivity index (χ2v) is 8.01. The van der Waals surface area contributed by atoms with E-state index in [2.05, 4.69) is 5.32 Å². The SMILES string of the molecule is CN1C(=O)N(C)C(=O)C2(Cc3cc(NC(=O)/C=C/C(=O)O)ccc3N3CCCC32)C1=O. The quantitative estimate of drug-likeness (QED) is 0.541. The molecule has 2 fully saturated rings. The molecule has 162 valence electrons. The zero-order valence-corrected chi connectivity index (χ0v) is 17.1. The number of carboxylic acids is 1. The van der Waals surface area contributed by atoms with Gasteiger partial charge in [-0.1, -0.05) is 0 Å². The van der Waals surface area contributed by atoms with Gasteiger partial charge in [-0.3, -0.25) is 24.2 Å². The van der Waals surface area contributed by atoms with Crippen molar-refractivity contribution in [3.05, 3.63) is 35.9 Å². The van der Waals surface area contributed by atoms with Crippen LogP contribution < -0.4 is 10.2 Å². The molecule has 3 aliphatic heterocycles. The Morgan fingerprint density at radius 2 is 1.81 bits per heavy atom. The van der Waals surface area contributed by atoms with E-state index in [9.17, 15) is 24.0 Å². The van der Waals surface area contributed by atoms with Crippen molar-refractivity contribution >= 4 is 41.1 Å². The molecule has 1 unspecified atom stereocenters. The Morgan fingerprint density at radius 3 is 2.45 bits per heavy atom. The first-order valence-electron chi connectivity index (χ1n) is 9.88. The summed E-state index contributed by atoms with van der Waals surface area (Å²) in [5.41, 5.74) is 0.596. The van der Waals surface area contributed by atoms with Crippen molar-refractivity contribution in [3.8, 4) is 0 Å². The maximum Gasteiger partial charge on any atom is 0.332 e. The highest BCUT2D eigenvalue weighted by Crippen LogP contribution is 2.49. The lowest BCUT2D eigenvalue weighted by molar-refractivity contribution is -0.159. The van der Waals surface area contributed by atoms with Gasteiger partial charge in [-0.15, -0.1) is 0 Å². The van der Waals surface area contributed by atoms with Crippen molar-refractivity contribution < 1.29 is 29.1 Å². The van der Waals surface area contributed by atoms with Crippen molar-refractivity contribution in [3.63, 3.8) is 0 Å². The molecule has 2 N–H and O–H groups in total. The van der Waals surface area contributed by atoms with Crippen LogP contribution >= 0.6 is 0 Å². The molecular weight excluding hydrogens is 404 g/mol. The molecule has 4 rings (SSSR count). The molecule has 1 spiro atoms. The van der Waals surface area contributed by atoms with Gasteiger partial charge in [-0.25, -0.2) is 9.59 Å². The number of carbonyl (C=O) groups excluding carboxylic acids is 4. The number of barbiturate groups is 1. The number of nitrogens with zero attached hydrogens (tertiary/aromatic N) is 3. The number of hydrogen-bond donors (Lipinski definition) is 2. The number of rotatable bonds is 3. The summed E-state index contributed by atoms with van der Waals surface area (Å²) >= 11 is 0. The molecule has 1 aromatic carbocycles. The smallest absolute Gasteiger partial charge is 0.332 e. The van der Waals surface area contributed by atoms with Crippen LogP contribution in [-0.4, -0.2) is 71.3 Å². The van der Waals surface area contributed by atoms with Gasteiger partial charge in [0, 0.05) is 44.2 Å². The Bertz CT molecular complexity index is 1020. The third-order valence-electron chi connectivity index (χ3n) is 6.27. The van der Waals surface area contributed by atoms with Crippen LogP contribution in [0.4, 0.5) is 16.2 Å². The molecule has 5 amide bonds. The molecule has 1 aromatic rings. The topological polar surface area (TPSA) is 127 Å². The van der Waals surface area contributed by atoms with Crippen molar-refractivity contribution in [1.82, 2.24) is 9.80 Å². The normalized spacial score (nSPS) is 22.2. The maximum atomic E-state index is 13.3. The van der Waals surface area contributed by atoms with Crippen LogP contribution in [-0.2, 0) is 25.6 Å². The lowest BCUT2D eigenvalue weighted by Gasteiger charge is -2.50. The number of urea groups is 1. The van der Waals surface area contributed by atoms with Crippen molar-refractivity contribution in [2.24, 2.45) is 5.41 Å². The molecule has 10 heteroatoms. The molecule has 1 atom stereocenters. The van der Waals surface area contributed by atoms with Crippen LogP contribution in [0.1, 0.15) is 18.4 Å². The molecule has 0 bridgehead atoms. The van der Waals surface area contributed by atoms with Gasteiger partial charge in [0.2, 0.25) is 17.7 Å². The average molecular weight is 426 g/mol. The molecule has 0 aromatic heterocycles. The van der Waals surface area contributed by atoms with Gasteiger partial charge in [0.1, 0.15) is 0 Å². The van der Waals surface area contributed by atoms with Crippen LogP contribution in [0, 0.1) is 5.41 Å². The number of aliphatic carboxylic acids is 1. The average Bonchev–Trinajstić information content (AvgIpc) is 3.24. The molecule has 0 aliphatic carbocycles. The van der Waals surface area contributed by atoms with E-state index >= 15 is 0 Å². The number of carboxylic acid groups (broad SMARTS) is 1. The summed E-state index contributed by atoms with van der Waals surface area (Å²) in [4.78, 5) is 65.6. The van der Waals surface area contributed by atoms with E-state index in [1.54, 1.807) is 12.1 Å². The first kappa shape index (κ1) is 20.6. The lowest BCUT2D eigenvalue weighted by Crippen LogP contribution is -2.70. The molecule has 3 aliphatic rings. The third kappa shape index (κ3) is 3.06. The van der Waals surface area contributed by atoms with E-state index in [4.69, 9.17) is 5.11 Å². The predicted molar refractivity (Wildman–Crippen MR) is 109 cm³/mol. The Balaban J connectivity index is 1.74. The van der Waals surface area contributed by atoms with Crippen molar-refractivity contribution in [1.29, 1.82) is 0 Å². The fourth-order valence-corrected chi connectivity index (χ4v) is 4.93. The summed E-state index contributed by atoms with van der Waals surface area (Å²) in [6.45, 7) is 0.675. The molecule has 3 heterocycles. The van der Waals surface area contributed by atoms with Gasteiger partial charge in [-0.05, 0) is 43.0 Å². The number of hydrogen-bond acceptors (Lipinski definition) is 6. The van der Waals surface area contributed by atoms with Crippen molar-refractivity contribution in [2.75, 3.05) is 30.9 Å². The summed E-state index contributed by atoms with van der Waals surface area (Å²) in [6, 6.07) is 4.21.